The Bertz CT molecular complexity index is 1580. The van der Waals surface area contributed by atoms with Crippen LogP contribution in [0.15, 0.2) is 42.9 Å². The average Bonchev–Trinajstić information content (AvgIpc) is 3.68. The fourth-order valence-electron chi connectivity index (χ4n) is 5.77. The number of rotatable bonds is 5. The third-order valence-corrected chi connectivity index (χ3v) is 7.65. The van der Waals surface area contributed by atoms with E-state index in [-0.39, 0.29) is 5.82 Å². The second kappa shape index (κ2) is 9.23. The number of halogens is 1. The van der Waals surface area contributed by atoms with E-state index in [1.807, 2.05) is 30.6 Å². The third-order valence-electron chi connectivity index (χ3n) is 7.65. The molecule has 8 nitrogen and oxygen atoms in total. The number of H-pyrrole nitrogens is 2. The first-order chi connectivity index (χ1) is 18.2. The molecule has 1 aromatic carbocycles. The van der Waals surface area contributed by atoms with E-state index in [1.165, 1.54) is 38.2 Å². The number of benzene rings is 1. The SMILES string of the molecule is Fc1cc2[nH]nc(-c3nc4nccc(N5CCCCC5)c4[nH]3)c2cc1-c1cncc(CN2CCCC2)c1. The summed E-state index contributed by atoms with van der Waals surface area (Å²) in [4.78, 5) is 22.0. The van der Waals surface area contributed by atoms with Crippen LogP contribution in [0.3, 0.4) is 0 Å². The van der Waals surface area contributed by atoms with Crippen molar-refractivity contribution in [3.05, 3.63) is 54.2 Å². The van der Waals surface area contributed by atoms with Gasteiger partial charge in [0.05, 0.1) is 11.2 Å². The topological polar surface area (TPSA) is 89.6 Å². The predicted molar refractivity (Wildman–Crippen MR) is 143 cm³/mol. The summed E-state index contributed by atoms with van der Waals surface area (Å²) >= 11 is 0. The number of pyridine rings is 2. The number of nitrogens with zero attached hydrogens (tertiary/aromatic N) is 6. The summed E-state index contributed by atoms with van der Waals surface area (Å²) in [5.41, 5.74) is 6.35. The Morgan fingerprint density at radius 1 is 0.946 bits per heavy atom. The Kier molecular flexibility index (Phi) is 5.57. The van der Waals surface area contributed by atoms with Crippen LogP contribution in [0.5, 0.6) is 0 Å². The first kappa shape index (κ1) is 22.4. The molecular weight excluding hydrogens is 467 g/mol. The van der Waals surface area contributed by atoms with Crippen molar-refractivity contribution < 1.29 is 4.39 Å². The van der Waals surface area contributed by atoms with Crippen LogP contribution < -0.4 is 4.90 Å². The molecule has 0 radical (unpaired) electrons. The molecule has 0 saturated carbocycles. The van der Waals surface area contributed by atoms with Gasteiger partial charge in [-0.3, -0.25) is 15.0 Å². The van der Waals surface area contributed by atoms with Crippen LogP contribution in [0.2, 0.25) is 0 Å². The van der Waals surface area contributed by atoms with Crippen LogP contribution in [-0.4, -0.2) is 61.2 Å². The molecule has 37 heavy (non-hydrogen) atoms. The van der Waals surface area contributed by atoms with Crippen molar-refractivity contribution in [1.82, 2.24) is 35.0 Å². The highest BCUT2D eigenvalue weighted by atomic mass is 19.1. The van der Waals surface area contributed by atoms with Gasteiger partial charge >= 0.3 is 0 Å². The van der Waals surface area contributed by atoms with Gasteiger partial charge in [-0.1, -0.05) is 0 Å². The standard InChI is InChI=1S/C28H29FN8/c29-22-14-23-21(13-20(22)19-12-18(15-30-16-19)17-36-8-4-5-9-36)25(35-34-23)28-32-26-24(6-7-31-27(26)33-28)37-10-2-1-3-11-37/h6-7,12-16H,1-5,8-11,17H2,(H,34,35)(H,31,32,33). The lowest BCUT2D eigenvalue weighted by Gasteiger charge is -2.28. The van der Waals surface area contributed by atoms with Gasteiger partial charge in [-0.05, 0) is 69.0 Å². The zero-order chi connectivity index (χ0) is 24.8. The van der Waals surface area contributed by atoms with Gasteiger partial charge in [0.25, 0.3) is 0 Å². The second-order valence-corrected chi connectivity index (χ2v) is 10.2. The Morgan fingerprint density at radius 2 is 1.78 bits per heavy atom. The van der Waals surface area contributed by atoms with Crippen molar-refractivity contribution in [3.63, 3.8) is 0 Å². The number of piperidine rings is 1. The van der Waals surface area contributed by atoms with E-state index in [0.717, 1.165) is 60.4 Å². The van der Waals surface area contributed by atoms with Crippen molar-refractivity contribution in [3.8, 4) is 22.6 Å². The number of hydrogen-bond donors (Lipinski definition) is 2. The summed E-state index contributed by atoms with van der Waals surface area (Å²) in [6.07, 6.45) is 11.5. The summed E-state index contributed by atoms with van der Waals surface area (Å²) in [5.74, 6) is 0.318. The maximum absolute atomic E-state index is 15.3. The summed E-state index contributed by atoms with van der Waals surface area (Å²) < 4.78 is 15.3. The van der Waals surface area contributed by atoms with Crippen LogP contribution in [-0.2, 0) is 6.54 Å². The quantitative estimate of drug-likeness (QED) is 0.344. The molecule has 0 amide bonds. The van der Waals surface area contributed by atoms with Gasteiger partial charge in [-0.15, -0.1) is 0 Å². The molecule has 9 heteroatoms. The first-order valence-corrected chi connectivity index (χ1v) is 13.2. The number of fused-ring (bicyclic) bond motifs is 2. The second-order valence-electron chi connectivity index (χ2n) is 10.2. The maximum atomic E-state index is 15.3. The van der Waals surface area contributed by atoms with Gasteiger partial charge in [0.2, 0.25) is 0 Å². The first-order valence-electron chi connectivity index (χ1n) is 13.2. The van der Waals surface area contributed by atoms with Crippen molar-refractivity contribution >= 4 is 27.8 Å². The summed E-state index contributed by atoms with van der Waals surface area (Å²) in [5, 5.41) is 8.31. The smallest absolute Gasteiger partial charge is 0.180 e. The van der Waals surface area contributed by atoms with E-state index in [9.17, 15) is 0 Å². The van der Waals surface area contributed by atoms with Gasteiger partial charge in [0.15, 0.2) is 11.5 Å². The molecule has 5 aromatic rings. The molecule has 7 rings (SSSR count). The van der Waals surface area contributed by atoms with E-state index in [1.54, 1.807) is 6.20 Å². The molecule has 6 heterocycles. The molecule has 2 aliphatic heterocycles. The molecular formula is C28H29FN8. The number of likely N-dealkylation sites (tertiary alicyclic amines) is 1. The zero-order valence-corrected chi connectivity index (χ0v) is 20.7. The molecule has 2 saturated heterocycles. The van der Waals surface area contributed by atoms with Crippen LogP contribution >= 0.6 is 0 Å². The Balaban J connectivity index is 1.28. The van der Waals surface area contributed by atoms with Crippen LogP contribution in [0.1, 0.15) is 37.7 Å². The Hall–Kier alpha value is -3.85. The van der Waals surface area contributed by atoms with E-state index in [0.29, 0.717) is 28.2 Å². The zero-order valence-electron chi connectivity index (χ0n) is 20.7. The summed E-state index contributed by atoms with van der Waals surface area (Å²) in [7, 11) is 0. The van der Waals surface area contributed by atoms with E-state index in [2.05, 4.69) is 34.9 Å². The maximum Gasteiger partial charge on any atom is 0.180 e. The molecule has 0 bridgehead atoms. The number of imidazole rings is 1. The van der Waals surface area contributed by atoms with Crippen LogP contribution in [0.4, 0.5) is 10.1 Å². The van der Waals surface area contributed by atoms with E-state index < -0.39 is 0 Å². The predicted octanol–water partition coefficient (Wildman–Crippen LogP) is 5.29. The lowest BCUT2D eigenvalue weighted by atomic mass is 10.0. The number of anilines is 1. The fraction of sp³-hybridized carbons (Fsp3) is 0.357. The summed E-state index contributed by atoms with van der Waals surface area (Å²) in [6.45, 7) is 5.12. The lowest BCUT2D eigenvalue weighted by molar-refractivity contribution is 0.331. The van der Waals surface area contributed by atoms with Gasteiger partial charge in [-0.25, -0.2) is 14.4 Å². The minimum absolute atomic E-state index is 0.304. The molecule has 2 N–H and O–H groups in total. The molecule has 0 atom stereocenters. The highest BCUT2D eigenvalue weighted by molar-refractivity contribution is 5.97. The molecule has 188 valence electrons. The Labute approximate surface area is 213 Å². The van der Waals surface area contributed by atoms with Gasteiger partial charge in [0.1, 0.15) is 17.0 Å². The van der Waals surface area contributed by atoms with E-state index in [4.69, 9.17) is 4.98 Å². The van der Waals surface area contributed by atoms with Gasteiger partial charge in [-0.2, -0.15) is 5.10 Å². The highest BCUT2D eigenvalue weighted by Gasteiger charge is 2.20. The normalized spacial score (nSPS) is 16.8. The van der Waals surface area contributed by atoms with E-state index >= 15 is 4.39 Å². The molecule has 2 aliphatic rings. The number of hydrogen-bond acceptors (Lipinski definition) is 6. The highest BCUT2D eigenvalue weighted by Crippen LogP contribution is 2.34. The molecule has 0 aliphatic carbocycles. The third kappa shape index (κ3) is 4.13. The van der Waals surface area contributed by atoms with Crippen LogP contribution in [0.25, 0.3) is 44.7 Å². The molecule has 2 fully saturated rings. The summed E-state index contributed by atoms with van der Waals surface area (Å²) in [6, 6.07) is 7.46. The number of aromatic nitrogens is 6. The number of aromatic amines is 2. The van der Waals surface area contributed by atoms with Crippen molar-refractivity contribution in [1.29, 1.82) is 0 Å². The van der Waals surface area contributed by atoms with Crippen molar-refractivity contribution in [2.24, 2.45) is 0 Å². The van der Waals surface area contributed by atoms with Crippen molar-refractivity contribution in [2.45, 2.75) is 38.6 Å². The van der Waals surface area contributed by atoms with Crippen molar-refractivity contribution in [2.75, 3.05) is 31.1 Å². The average molecular weight is 497 g/mol. The fourth-order valence-corrected chi connectivity index (χ4v) is 5.77. The van der Waals surface area contributed by atoms with Gasteiger partial charge in [0, 0.05) is 60.8 Å². The lowest BCUT2D eigenvalue weighted by Crippen LogP contribution is -2.29. The van der Waals surface area contributed by atoms with Gasteiger partial charge < -0.3 is 9.88 Å². The largest absolute Gasteiger partial charge is 0.370 e. The number of nitrogens with one attached hydrogen (secondary N) is 2. The molecule has 4 aromatic heterocycles. The van der Waals surface area contributed by atoms with Crippen LogP contribution in [0, 0.1) is 5.82 Å². The Morgan fingerprint density at radius 3 is 2.65 bits per heavy atom. The molecule has 0 unspecified atom stereocenters. The minimum Gasteiger partial charge on any atom is -0.370 e. The monoisotopic (exact) mass is 496 g/mol. The molecule has 0 spiro atoms. The minimum atomic E-state index is -0.304.